The Kier molecular flexibility index (Phi) is 5.15. The smallest absolute Gasteiger partial charge is 0.283 e. The molecule has 1 aromatic rings. The number of nitro groups is 1. The first-order valence-corrected chi connectivity index (χ1v) is 9.86. The van der Waals surface area contributed by atoms with Gasteiger partial charge in [-0.1, -0.05) is 19.3 Å². The highest BCUT2D eigenvalue weighted by Crippen LogP contribution is 2.40. The van der Waals surface area contributed by atoms with E-state index in [9.17, 15) is 14.9 Å². The lowest BCUT2D eigenvalue weighted by Gasteiger charge is -2.28. The maximum atomic E-state index is 13.2. The van der Waals surface area contributed by atoms with Crippen molar-refractivity contribution < 1.29 is 24.1 Å². The van der Waals surface area contributed by atoms with Gasteiger partial charge in [-0.15, -0.1) is 0 Å². The molecule has 8 heteroatoms. The van der Waals surface area contributed by atoms with Crippen LogP contribution in [0.25, 0.3) is 0 Å². The van der Waals surface area contributed by atoms with Crippen molar-refractivity contribution in [3.05, 3.63) is 27.8 Å². The van der Waals surface area contributed by atoms with Gasteiger partial charge in [-0.05, 0) is 12.8 Å². The minimum atomic E-state index is -0.593. The van der Waals surface area contributed by atoms with Crippen molar-refractivity contribution >= 4 is 11.6 Å². The maximum absolute atomic E-state index is 13.2. The van der Waals surface area contributed by atoms with Crippen LogP contribution in [0, 0.1) is 10.1 Å². The van der Waals surface area contributed by atoms with Crippen LogP contribution < -0.4 is 19.7 Å². The molecule has 1 saturated heterocycles. The van der Waals surface area contributed by atoms with E-state index in [4.69, 9.17) is 9.47 Å². The van der Waals surface area contributed by atoms with Crippen LogP contribution in [-0.4, -0.2) is 36.8 Å². The Morgan fingerprint density at radius 3 is 2.44 bits per heavy atom. The van der Waals surface area contributed by atoms with Gasteiger partial charge < -0.3 is 19.7 Å². The third-order valence-corrected chi connectivity index (χ3v) is 5.90. The summed E-state index contributed by atoms with van der Waals surface area (Å²) < 4.78 is 10.7. The number of carbonyl (C=O) groups excluding carboxylic acids is 1. The molecule has 1 aromatic carbocycles. The maximum Gasteiger partial charge on any atom is 0.283 e. The van der Waals surface area contributed by atoms with E-state index in [0.717, 1.165) is 56.5 Å². The number of quaternary nitrogens is 1. The van der Waals surface area contributed by atoms with Gasteiger partial charge >= 0.3 is 0 Å². The van der Waals surface area contributed by atoms with Gasteiger partial charge in [-0.25, -0.2) is 0 Å². The van der Waals surface area contributed by atoms with Crippen molar-refractivity contribution in [3.8, 4) is 11.5 Å². The van der Waals surface area contributed by atoms with Crippen LogP contribution in [-0.2, 0) is 4.79 Å². The highest BCUT2D eigenvalue weighted by Gasteiger charge is 2.40. The summed E-state index contributed by atoms with van der Waals surface area (Å²) in [5.41, 5.74) is 0.358. The summed E-state index contributed by atoms with van der Waals surface area (Å²) in [6, 6.07) is 2.61. The molecule has 2 heterocycles. The molecule has 1 saturated carbocycles. The Hall–Kier alpha value is -2.35. The van der Waals surface area contributed by atoms with E-state index in [2.05, 4.69) is 5.32 Å². The van der Waals surface area contributed by atoms with Crippen LogP contribution in [0.3, 0.4) is 0 Å². The molecule has 1 aliphatic carbocycles. The van der Waals surface area contributed by atoms with E-state index in [0.29, 0.717) is 17.1 Å². The molecule has 0 radical (unpaired) electrons. The molecule has 2 fully saturated rings. The number of carbonyl (C=O) groups is 1. The van der Waals surface area contributed by atoms with Gasteiger partial charge in [0.2, 0.25) is 6.79 Å². The fourth-order valence-corrected chi connectivity index (χ4v) is 4.53. The van der Waals surface area contributed by atoms with E-state index in [1.165, 1.54) is 12.5 Å². The third kappa shape index (κ3) is 3.71. The first-order valence-electron chi connectivity index (χ1n) is 9.86. The molecule has 0 bridgehead atoms. The number of nitrogens with zero attached hydrogens (tertiary/aromatic N) is 1. The Labute approximate surface area is 158 Å². The summed E-state index contributed by atoms with van der Waals surface area (Å²) in [7, 11) is 0. The van der Waals surface area contributed by atoms with Gasteiger partial charge in [0.25, 0.3) is 11.6 Å². The summed E-state index contributed by atoms with van der Waals surface area (Å²) in [5, 5.41) is 14.9. The number of hydrogen-bond acceptors (Lipinski definition) is 5. The number of hydrogen-bond donors (Lipinski definition) is 2. The predicted octanol–water partition coefficient (Wildman–Crippen LogP) is 1.49. The second-order valence-corrected chi connectivity index (χ2v) is 7.66. The zero-order chi connectivity index (χ0) is 18.8. The van der Waals surface area contributed by atoms with Crippen LogP contribution in [0.15, 0.2) is 12.1 Å². The van der Waals surface area contributed by atoms with E-state index in [-0.39, 0.29) is 24.4 Å². The highest BCUT2D eigenvalue weighted by atomic mass is 16.7. The molecule has 2 N–H and O–H groups in total. The lowest BCUT2D eigenvalue weighted by atomic mass is 9.94. The highest BCUT2D eigenvalue weighted by molar-refractivity contribution is 5.84. The number of likely N-dealkylation sites (tertiary alicyclic amines) is 1. The molecule has 1 atom stereocenters. The molecular weight excluding hydrogens is 350 g/mol. The fraction of sp³-hybridized carbons (Fsp3) is 0.632. The molecule has 8 nitrogen and oxygen atoms in total. The SMILES string of the molecule is O=C(NC1CCCCC1)[C@@H](c1cc2c(cc1[N+](=O)[O-])OCO2)[NH+]1CCCC1. The first-order chi connectivity index (χ1) is 13.1. The van der Waals surface area contributed by atoms with Crippen molar-refractivity contribution in [1.82, 2.24) is 5.32 Å². The van der Waals surface area contributed by atoms with Gasteiger partial charge in [0.05, 0.1) is 24.1 Å². The van der Waals surface area contributed by atoms with Gasteiger partial charge in [-0.2, -0.15) is 0 Å². The molecule has 4 rings (SSSR count). The Morgan fingerprint density at radius 1 is 1.11 bits per heavy atom. The molecule has 3 aliphatic rings. The van der Waals surface area contributed by atoms with Gasteiger partial charge in [0, 0.05) is 24.9 Å². The predicted molar refractivity (Wildman–Crippen MR) is 96.9 cm³/mol. The van der Waals surface area contributed by atoms with Crippen molar-refractivity contribution in [2.75, 3.05) is 19.9 Å². The molecule has 0 aromatic heterocycles. The van der Waals surface area contributed by atoms with E-state index < -0.39 is 11.0 Å². The van der Waals surface area contributed by atoms with Crippen molar-refractivity contribution in [1.29, 1.82) is 0 Å². The summed E-state index contributed by atoms with van der Waals surface area (Å²) in [6.07, 6.45) is 7.48. The number of amides is 1. The van der Waals surface area contributed by atoms with Crippen LogP contribution in [0.1, 0.15) is 56.6 Å². The zero-order valence-electron chi connectivity index (χ0n) is 15.4. The quantitative estimate of drug-likeness (QED) is 0.600. The topological polar surface area (TPSA) is 95.1 Å². The Morgan fingerprint density at radius 2 is 1.78 bits per heavy atom. The van der Waals surface area contributed by atoms with Crippen LogP contribution >= 0.6 is 0 Å². The van der Waals surface area contributed by atoms with Crippen molar-refractivity contribution in [2.45, 2.75) is 57.0 Å². The molecule has 0 unspecified atom stereocenters. The standard InChI is InChI=1S/C19H25N3O5/c23-19(20-13-6-2-1-3-7-13)18(21-8-4-5-9-21)14-10-16-17(27-12-26-16)11-15(14)22(24)25/h10-11,13,18H,1-9,12H2,(H,20,23)/p+1/t18-/m1/s1. The second-order valence-electron chi connectivity index (χ2n) is 7.66. The average molecular weight is 376 g/mol. The van der Waals surface area contributed by atoms with Gasteiger partial charge in [-0.3, -0.25) is 14.9 Å². The first kappa shape index (κ1) is 18.0. The number of benzene rings is 1. The number of nitrogens with one attached hydrogen (secondary N) is 2. The third-order valence-electron chi connectivity index (χ3n) is 5.90. The number of fused-ring (bicyclic) bond motifs is 1. The number of rotatable bonds is 5. The summed E-state index contributed by atoms with van der Waals surface area (Å²) >= 11 is 0. The minimum absolute atomic E-state index is 0.0471. The van der Waals surface area contributed by atoms with E-state index in [1.54, 1.807) is 6.07 Å². The average Bonchev–Trinajstić information content (AvgIpc) is 3.33. The summed E-state index contributed by atoms with van der Waals surface area (Å²) in [5.74, 6) is 0.735. The monoisotopic (exact) mass is 376 g/mol. The Bertz CT molecular complexity index is 726. The molecule has 1 amide bonds. The lowest BCUT2D eigenvalue weighted by Crippen LogP contribution is -3.11. The lowest BCUT2D eigenvalue weighted by molar-refractivity contribution is -0.910. The zero-order valence-corrected chi connectivity index (χ0v) is 15.4. The number of ether oxygens (including phenoxy) is 2. The summed E-state index contributed by atoms with van der Waals surface area (Å²) in [4.78, 5) is 25.6. The molecule has 2 aliphatic heterocycles. The van der Waals surface area contributed by atoms with Gasteiger partial charge in [0.1, 0.15) is 5.56 Å². The van der Waals surface area contributed by atoms with Crippen LogP contribution in [0.4, 0.5) is 5.69 Å². The van der Waals surface area contributed by atoms with Crippen molar-refractivity contribution in [2.24, 2.45) is 0 Å². The largest absolute Gasteiger partial charge is 0.454 e. The molecule has 146 valence electrons. The van der Waals surface area contributed by atoms with Gasteiger partial charge in [0.15, 0.2) is 17.5 Å². The Balaban J connectivity index is 1.68. The fourth-order valence-electron chi connectivity index (χ4n) is 4.53. The number of nitro benzene ring substituents is 1. The summed E-state index contributed by atoms with van der Waals surface area (Å²) in [6.45, 7) is 1.73. The van der Waals surface area contributed by atoms with Crippen molar-refractivity contribution in [3.63, 3.8) is 0 Å². The van der Waals surface area contributed by atoms with E-state index >= 15 is 0 Å². The normalized spacial score (nSPS) is 21.2. The van der Waals surface area contributed by atoms with E-state index in [1.807, 2.05) is 0 Å². The second kappa shape index (κ2) is 7.72. The van der Waals surface area contributed by atoms with Crippen LogP contribution in [0.2, 0.25) is 0 Å². The minimum Gasteiger partial charge on any atom is -0.454 e. The molecule has 27 heavy (non-hydrogen) atoms. The molecule has 0 spiro atoms. The molecular formula is C19H26N3O5+. The van der Waals surface area contributed by atoms with Crippen LogP contribution in [0.5, 0.6) is 11.5 Å².